The second-order valence-corrected chi connectivity index (χ2v) is 18.3. The quantitative estimate of drug-likeness (QED) is 0.110. The Hall–Kier alpha value is -4.65. The third-order valence-corrected chi connectivity index (χ3v) is 12.9. The average Bonchev–Trinajstić information content (AvgIpc) is 3.72. The summed E-state index contributed by atoms with van der Waals surface area (Å²) in [6, 6.07) is 10.6. The van der Waals surface area contributed by atoms with Crippen molar-refractivity contribution in [3.05, 3.63) is 71.2 Å². The van der Waals surface area contributed by atoms with Crippen molar-refractivity contribution in [2.24, 2.45) is 16.7 Å². The number of fused-ring (bicyclic) bond motifs is 5. The molecule has 2 unspecified atom stereocenters. The summed E-state index contributed by atoms with van der Waals surface area (Å²) in [6.45, 7) is 13.4. The SMILES string of the molecule is COCO[C@H]1C[C@H]2OC[C@@]2(OC(C)=O)C2[C@H](OCc3ccccc3)[C@]3(O)CC(OC(=O)[C@H](O)[C@@H](NC(=O)OC(C)(C)C)c4ccco4)C(C)=C([C@@H](OC(C)=O)C(=O)[C@@]21C)C3(C)C. The summed E-state index contributed by atoms with van der Waals surface area (Å²) in [6.07, 6.45) is -8.45. The molecule has 2 heterocycles. The van der Waals surface area contributed by atoms with Gasteiger partial charge in [-0.3, -0.25) is 14.4 Å². The van der Waals surface area contributed by atoms with Crippen molar-refractivity contribution >= 4 is 29.8 Å². The minimum absolute atomic E-state index is 0.00807. The predicted molar refractivity (Wildman–Crippen MR) is 216 cm³/mol. The largest absolute Gasteiger partial charge is 0.467 e. The van der Waals surface area contributed by atoms with E-state index in [-0.39, 0.29) is 43.3 Å². The van der Waals surface area contributed by atoms with Gasteiger partial charge in [-0.25, -0.2) is 9.59 Å². The molecule has 17 heteroatoms. The first-order valence-electron chi connectivity index (χ1n) is 20.7. The number of aliphatic hydroxyl groups is 2. The lowest BCUT2D eigenvalue weighted by Gasteiger charge is -2.68. The molecule has 6 rings (SSSR count). The van der Waals surface area contributed by atoms with Crippen LogP contribution < -0.4 is 5.32 Å². The number of hydrogen-bond donors (Lipinski definition) is 3. The van der Waals surface area contributed by atoms with Gasteiger partial charge in [0, 0.05) is 45.1 Å². The van der Waals surface area contributed by atoms with Crippen LogP contribution in [0, 0.1) is 16.7 Å². The van der Waals surface area contributed by atoms with Gasteiger partial charge in [0.2, 0.25) is 0 Å². The molecule has 3 N–H and O–H groups in total. The molecule has 2 aromatic rings. The molecule has 3 fully saturated rings. The minimum atomic E-state index is -2.15. The number of alkyl carbamates (subject to hydrolysis) is 1. The van der Waals surface area contributed by atoms with Gasteiger partial charge in [-0.2, -0.15) is 0 Å². The highest BCUT2D eigenvalue weighted by Gasteiger charge is 2.78. The third kappa shape index (κ3) is 8.42. The van der Waals surface area contributed by atoms with Crippen LogP contribution in [0.25, 0.3) is 0 Å². The second-order valence-electron chi connectivity index (χ2n) is 18.3. The van der Waals surface area contributed by atoms with Crippen molar-refractivity contribution in [3.8, 4) is 0 Å². The monoisotopic (exact) mass is 869 g/mol. The number of ether oxygens (including phenoxy) is 8. The highest BCUT2D eigenvalue weighted by atomic mass is 16.7. The van der Waals surface area contributed by atoms with Crippen LogP contribution in [0.5, 0.6) is 0 Å². The molecule has 1 aliphatic heterocycles. The zero-order valence-corrected chi connectivity index (χ0v) is 36.9. The molecule has 2 saturated carbocycles. The fourth-order valence-electron chi connectivity index (χ4n) is 10.0. The predicted octanol–water partition coefficient (Wildman–Crippen LogP) is 4.41. The van der Waals surface area contributed by atoms with Crippen LogP contribution in [0.3, 0.4) is 0 Å². The Morgan fingerprint density at radius 2 is 1.68 bits per heavy atom. The van der Waals surface area contributed by atoms with Crippen molar-refractivity contribution in [2.75, 3.05) is 20.5 Å². The molecule has 11 atom stereocenters. The van der Waals surface area contributed by atoms with E-state index in [0.29, 0.717) is 5.56 Å². The van der Waals surface area contributed by atoms with Gasteiger partial charge in [0.15, 0.2) is 23.6 Å². The standard InChI is InChI=1S/C45H59NO16/c1-24-29(60-39(51)34(49)33(28-17-14-18-55-28)46-40(52)62-41(4,5)6)20-45(53)38(56-21-27-15-12-11-13-16-27)36-43(9,37(50)35(59-25(2)47)32(24)42(45,7)8)30(58-23-54-10)19-31-44(36,22-57-31)61-26(3)48/h11-18,29-31,33-36,38,49,53H,19-23H2,1-10H3,(H,46,52)/t29?,30-,31+,33-,34+,35+,36?,38-,43+,44-,45+/m0/s1. The maximum Gasteiger partial charge on any atom is 0.408 e. The van der Waals surface area contributed by atoms with Gasteiger partial charge in [0.25, 0.3) is 0 Å². The molecule has 62 heavy (non-hydrogen) atoms. The van der Waals surface area contributed by atoms with E-state index in [4.69, 9.17) is 42.3 Å². The lowest BCUT2D eigenvalue weighted by Crippen LogP contribution is -2.82. The van der Waals surface area contributed by atoms with Gasteiger partial charge >= 0.3 is 24.0 Å². The van der Waals surface area contributed by atoms with Crippen LogP contribution >= 0.6 is 0 Å². The summed E-state index contributed by atoms with van der Waals surface area (Å²) in [5, 5.41) is 27.9. The zero-order chi connectivity index (χ0) is 45.6. The molecule has 17 nitrogen and oxygen atoms in total. The summed E-state index contributed by atoms with van der Waals surface area (Å²) in [5.41, 5.74) is -6.81. The highest BCUT2D eigenvalue weighted by Crippen LogP contribution is 2.65. The number of nitrogens with one attached hydrogen (secondary N) is 1. The van der Waals surface area contributed by atoms with Crippen LogP contribution in [-0.2, 0) is 63.7 Å². The summed E-state index contributed by atoms with van der Waals surface area (Å²) < 4.78 is 53.8. The van der Waals surface area contributed by atoms with Crippen LogP contribution in [0.2, 0.25) is 0 Å². The Bertz CT molecular complexity index is 2020. The van der Waals surface area contributed by atoms with Crippen molar-refractivity contribution in [3.63, 3.8) is 0 Å². The fraction of sp³-hybridized carbons (Fsp3) is 0.622. The van der Waals surface area contributed by atoms with E-state index in [9.17, 15) is 29.4 Å². The van der Waals surface area contributed by atoms with E-state index in [1.165, 1.54) is 32.4 Å². The normalized spacial score (nSPS) is 32.4. The summed E-state index contributed by atoms with van der Waals surface area (Å²) >= 11 is 0. The minimum Gasteiger partial charge on any atom is -0.467 e. The lowest BCUT2D eigenvalue weighted by atomic mass is 9.44. The average molecular weight is 870 g/mol. The van der Waals surface area contributed by atoms with Crippen molar-refractivity contribution in [2.45, 2.75) is 141 Å². The Labute approximate surface area is 360 Å². The molecule has 0 radical (unpaired) electrons. The van der Waals surface area contributed by atoms with E-state index < -0.39 is 112 Å². The van der Waals surface area contributed by atoms with Gasteiger partial charge in [-0.1, -0.05) is 44.2 Å². The van der Waals surface area contributed by atoms with E-state index in [2.05, 4.69) is 5.32 Å². The number of hydrogen-bond acceptors (Lipinski definition) is 16. The van der Waals surface area contributed by atoms with Gasteiger partial charge < -0.3 is 57.8 Å². The van der Waals surface area contributed by atoms with Crippen LogP contribution in [0.4, 0.5) is 4.79 Å². The first kappa shape index (κ1) is 46.8. The highest BCUT2D eigenvalue weighted by molar-refractivity contribution is 5.95. The summed E-state index contributed by atoms with van der Waals surface area (Å²) in [5.74, 6) is -4.64. The van der Waals surface area contributed by atoms with Crippen LogP contribution in [0.1, 0.15) is 92.5 Å². The maximum absolute atomic E-state index is 15.8. The number of carbonyl (C=O) groups excluding carboxylic acids is 5. The maximum atomic E-state index is 15.8. The molecule has 4 aliphatic rings. The molecular weight excluding hydrogens is 810 g/mol. The number of benzene rings is 1. The van der Waals surface area contributed by atoms with Gasteiger partial charge in [0.05, 0.1) is 37.1 Å². The Kier molecular flexibility index (Phi) is 13.2. The molecule has 340 valence electrons. The van der Waals surface area contributed by atoms with Gasteiger partial charge in [-0.05, 0) is 63.5 Å². The Balaban J connectivity index is 1.54. The molecule has 3 aliphatic carbocycles. The molecular formula is C45H59NO16. The number of methoxy groups -OCH3 is 1. The summed E-state index contributed by atoms with van der Waals surface area (Å²) in [4.78, 5) is 69.2. The first-order valence-corrected chi connectivity index (χ1v) is 20.7. The molecule has 1 amide bonds. The van der Waals surface area contributed by atoms with Gasteiger partial charge in [0.1, 0.15) is 42.0 Å². The van der Waals surface area contributed by atoms with Crippen molar-refractivity contribution in [1.82, 2.24) is 5.32 Å². The molecule has 1 aromatic heterocycles. The Morgan fingerprint density at radius 3 is 2.24 bits per heavy atom. The number of carbonyl (C=O) groups is 5. The van der Waals surface area contributed by atoms with E-state index in [0.717, 1.165) is 6.92 Å². The van der Waals surface area contributed by atoms with Crippen molar-refractivity contribution in [1.29, 1.82) is 0 Å². The molecule has 1 aromatic carbocycles. The smallest absolute Gasteiger partial charge is 0.408 e. The van der Waals surface area contributed by atoms with Gasteiger partial charge in [-0.15, -0.1) is 0 Å². The number of ketones is 1. The Morgan fingerprint density at radius 1 is 0.984 bits per heavy atom. The third-order valence-electron chi connectivity index (χ3n) is 12.9. The molecule has 1 saturated heterocycles. The van der Waals surface area contributed by atoms with Crippen molar-refractivity contribution < 1.29 is 76.5 Å². The number of aliphatic hydroxyl groups excluding tert-OH is 1. The zero-order valence-electron chi connectivity index (χ0n) is 36.9. The first-order chi connectivity index (χ1) is 29.0. The summed E-state index contributed by atoms with van der Waals surface area (Å²) in [7, 11) is 1.42. The topological polar surface area (TPSA) is 225 Å². The van der Waals surface area contributed by atoms with E-state index in [1.807, 2.05) is 30.3 Å². The number of furan rings is 1. The second kappa shape index (κ2) is 17.5. The lowest BCUT2D eigenvalue weighted by molar-refractivity contribution is -0.357. The van der Waals surface area contributed by atoms with E-state index in [1.54, 1.807) is 48.5 Å². The fourth-order valence-corrected chi connectivity index (χ4v) is 10.0. The number of amides is 1. The molecule has 2 bridgehead atoms. The number of Topliss-reactive ketones (excluding diaryl/α,β-unsaturated/α-hetero) is 1. The number of esters is 3. The van der Waals surface area contributed by atoms with E-state index >= 15 is 4.79 Å². The molecule has 0 spiro atoms. The van der Waals surface area contributed by atoms with Crippen LogP contribution in [0.15, 0.2) is 64.3 Å². The number of rotatable bonds is 13. The van der Waals surface area contributed by atoms with Crippen LogP contribution in [-0.4, -0.2) is 114 Å².